The fraction of sp³-hybridized carbons (Fsp3) is 0.889. The van der Waals surface area contributed by atoms with Crippen molar-refractivity contribution in [2.75, 3.05) is 19.9 Å². The van der Waals surface area contributed by atoms with E-state index in [0.29, 0.717) is 12.1 Å². The highest BCUT2D eigenvalue weighted by molar-refractivity contribution is 5.78. The Kier molecular flexibility index (Phi) is 2.73. The molecule has 1 amide bonds. The average molecular weight is 171 g/mol. The fourth-order valence-corrected chi connectivity index (χ4v) is 1.07. The number of amides is 1. The zero-order chi connectivity index (χ0) is 9.19. The van der Waals surface area contributed by atoms with Gasteiger partial charge in [0.1, 0.15) is 13.3 Å². The summed E-state index contributed by atoms with van der Waals surface area (Å²) in [7, 11) is 0. The van der Waals surface area contributed by atoms with E-state index in [9.17, 15) is 4.79 Å². The van der Waals surface area contributed by atoms with Crippen molar-refractivity contribution in [1.82, 2.24) is 4.90 Å². The van der Waals surface area contributed by atoms with Gasteiger partial charge in [-0.3, -0.25) is 4.79 Å². The fourth-order valence-electron chi connectivity index (χ4n) is 1.07. The van der Waals surface area contributed by atoms with E-state index in [2.05, 4.69) is 20.8 Å². The van der Waals surface area contributed by atoms with E-state index in [0.717, 1.165) is 13.0 Å². The molecule has 0 saturated carbocycles. The Hall–Kier alpha value is -0.570. The zero-order valence-electron chi connectivity index (χ0n) is 8.09. The second-order valence-corrected chi connectivity index (χ2v) is 4.45. The second-order valence-electron chi connectivity index (χ2n) is 4.45. The molecule has 70 valence electrons. The van der Waals surface area contributed by atoms with E-state index in [-0.39, 0.29) is 12.5 Å². The summed E-state index contributed by atoms with van der Waals surface area (Å²) in [5.41, 5.74) is 0.295. The Morgan fingerprint density at radius 1 is 1.50 bits per heavy atom. The lowest BCUT2D eigenvalue weighted by Crippen LogP contribution is -2.29. The van der Waals surface area contributed by atoms with Gasteiger partial charge in [0.2, 0.25) is 5.91 Å². The largest absolute Gasteiger partial charge is 0.351 e. The van der Waals surface area contributed by atoms with Gasteiger partial charge in [-0.25, -0.2) is 0 Å². The standard InChI is InChI=1S/C9H17NO2/c1-9(2,3)4-5-10-7-12-6-8(10)11/h4-7H2,1-3H3. The molecule has 0 spiro atoms. The normalized spacial score (nSPS) is 18.9. The minimum atomic E-state index is 0.124. The van der Waals surface area contributed by atoms with E-state index in [1.54, 1.807) is 4.90 Å². The van der Waals surface area contributed by atoms with Crippen LogP contribution in [-0.2, 0) is 9.53 Å². The number of ether oxygens (including phenoxy) is 1. The first-order valence-electron chi connectivity index (χ1n) is 4.34. The molecule has 0 aromatic heterocycles. The van der Waals surface area contributed by atoms with Gasteiger partial charge in [0.15, 0.2) is 0 Å². The summed E-state index contributed by atoms with van der Waals surface area (Å²) in [6.45, 7) is 8.10. The highest BCUT2D eigenvalue weighted by Gasteiger charge is 2.22. The minimum Gasteiger partial charge on any atom is -0.351 e. The Balaban J connectivity index is 2.27. The molecule has 1 heterocycles. The molecular weight excluding hydrogens is 154 g/mol. The van der Waals surface area contributed by atoms with Crippen molar-refractivity contribution in [3.63, 3.8) is 0 Å². The third-order valence-electron chi connectivity index (χ3n) is 1.96. The van der Waals surface area contributed by atoms with Crippen LogP contribution in [0.3, 0.4) is 0 Å². The number of nitrogens with zero attached hydrogens (tertiary/aromatic N) is 1. The van der Waals surface area contributed by atoms with Gasteiger partial charge in [0.25, 0.3) is 0 Å². The maximum absolute atomic E-state index is 11.1. The monoisotopic (exact) mass is 171 g/mol. The first-order chi connectivity index (χ1) is 5.49. The number of rotatable bonds is 2. The predicted octanol–water partition coefficient (Wildman–Crippen LogP) is 1.24. The lowest BCUT2D eigenvalue weighted by atomic mass is 9.92. The van der Waals surface area contributed by atoms with Gasteiger partial charge in [-0.2, -0.15) is 0 Å². The van der Waals surface area contributed by atoms with Crippen LogP contribution in [0, 0.1) is 5.41 Å². The maximum atomic E-state index is 11.1. The van der Waals surface area contributed by atoms with Crippen molar-refractivity contribution in [2.24, 2.45) is 5.41 Å². The summed E-state index contributed by atoms with van der Waals surface area (Å²) in [4.78, 5) is 12.9. The zero-order valence-corrected chi connectivity index (χ0v) is 8.09. The molecule has 0 unspecified atom stereocenters. The van der Waals surface area contributed by atoms with Crippen LogP contribution in [0.15, 0.2) is 0 Å². The Labute approximate surface area is 73.7 Å². The minimum absolute atomic E-state index is 0.124. The summed E-state index contributed by atoms with van der Waals surface area (Å²) >= 11 is 0. The third-order valence-corrected chi connectivity index (χ3v) is 1.96. The van der Waals surface area contributed by atoms with Gasteiger partial charge in [-0.05, 0) is 11.8 Å². The molecule has 1 rings (SSSR count). The number of hydrogen-bond acceptors (Lipinski definition) is 2. The van der Waals surface area contributed by atoms with Crippen molar-refractivity contribution in [1.29, 1.82) is 0 Å². The molecule has 0 N–H and O–H groups in total. The SMILES string of the molecule is CC(C)(C)CCN1COCC1=O. The average Bonchev–Trinajstić information content (AvgIpc) is 2.29. The summed E-state index contributed by atoms with van der Waals surface area (Å²) in [5.74, 6) is 0.124. The molecule has 0 aromatic rings. The van der Waals surface area contributed by atoms with Crippen molar-refractivity contribution >= 4 is 5.91 Å². The Morgan fingerprint density at radius 2 is 2.17 bits per heavy atom. The van der Waals surface area contributed by atoms with E-state index >= 15 is 0 Å². The summed E-state index contributed by atoms with van der Waals surface area (Å²) in [6.07, 6.45) is 1.03. The first kappa shape index (κ1) is 9.52. The van der Waals surface area contributed by atoms with Crippen molar-refractivity contribution in [2.45, 2.75) is 27.2 Å². The number of hydrogen-bond donors (Lipinski definition) is 0. The van der Waals surface area contributed by atoms with Gasteiger partial charge < -0.3 is 9.64 Å². The molecule has 0 bridgehead atoms. The lowest BCUT2D eigenvalue weighted by molar-refractivity contribution is -0.127. The van der Waals surface area contributed by atoms with Crippen molar-refractivity contribution < 1.29 is 9.53 Å². The second kappa shape index (κ2) is 3.44. The van der Waals surface area contributed by atoms with Crippen LogP contribution in [0.25, 0.3) is 0 Å². The first-order valence-corrected chi connectivity index (χ1v) is 4.34. The maximum Gasteiger partial charge on any atom is 0.250 e. The quantitative estimate of drug-likeness (QED) is 0.625. The van der Waals surface area contributed by atoms with Gasteiger partial charge >= 0.3 is 0 Å². The van der Waals surface area contributed by atoms with Crippen LogP contribution in [0.5, 0.6) is 0 Å². The third kappa shape index (κ3) is 2.81. The number of carbonyl (C=O) groups excluding carboxylic acids is 1. The van der Waals surface area contributed by atoms with E-state index in [4.69, 9.17) is 4.74 Å². The van der Waals surface area contributed by atoms with Gasteiger partial charge in [0.05, 0.1) is 0 Å². The highest BCUT2D eigenvalue weighted by atomic mass is 16.5. The molecule has 0 aromatic carbocycles. The van der Waals surface area contributed by atoms with Gasteiger partial charge in [-0.15, -0.1) is 0 Å². The molecular formula is C9H17NO2. The predicted molar refractivity (Wildman–Crippen MR) is 46.6 cm³/mol. The molecule has 1 aliphatic rings. The molecule has 0 radical (unpaired) electrons. The summed E-state index contributed by atoms with van der Waals surface area (Å²) in [5, 5.41) is 0. The molecule has 1 saturated heterocycles. The van der Waals surface area contributed by atoms with E-state index in [1.165, 1.54) is 0 Å². The van der Waals surface area contributed by atoms with Gasteiger partial charge in [0, 0.05) is 6.54 Å². The molecule has 3 nitrogen and oxygen atoms in total. The van der Waals surface area contributed by atoms with Crippen molar-refractivity contribution in [3.8, 4) is 0 Å². The summed E-state index contributed by atoms with van der Waals surface area (Å²) in [6, 6.07) is 0. The Bertz CT molecular complexity index is 172. The lowest BCUT2D eigenvalue weighted by Gasteiger charge is -2.21. The Morgan fingerprint density at radius 3 is 2.58 bits per heavy atom. The van der Waals surface area contributed by atoms with Crippen LogP contribution < -0.4 is 0 Å². The van der Waals surface area contributed by atoms with Crippen LogP contribution in [-0.4, -0.2) is 30.7 Å². The molecule has 0 atom stereocenters. The van der Waals surface area contributed by atoms with Crippen LogP contribution in [0.4, 0.5) is 0 Å². The number of carbonyl (C=O) groups is 1. The molecule has 1 aliphatic heterocycles. The smallest absolute Gasteiger partial charge is 0.250 e. The van der Waals surface area contributed by atoms with Gasteiger partial charge in [-0.1, -0.05) is 20.8 Å². The topological polar surface area (TPSA) is 29.5 Å². The van der Waals surface area contributed by atoms with Crippen LogP contribution in [0.1, 0.15) is 27.2 Å². The van der Waals surface area contributed by atoms with E-state index < -0.39 is 0 Å². The molecule has 1 fully saturated rings. The van der Waals surface area contributed by atoms with Crippen LogP contribution in [0.2, 0.25) is 0 Å². The molecule has 0 aliphatic carbocycles. The highest BCUT2D eigenvalue weighted by Crippen LogP contribution is 2.19. The van der Waals surface area contributed by atoms with E-state index in [1.807, 2.05) is 0 Å². The van der Waals surface area contributed by atoms with Crippen LogP contribution >= 0.6 is 0 Å². The van der Waals surface area contributed by atoms with Crippen molar-refractivity contribution in [3.05, 3.63) is 0 Å². The summed E-state index contributed by atoms with van der Waals surface area (Å²) < 4.78 is 5.01. The molecule has 12 heavy (non-hydrogen) atoms. The molecule has 3 heteroatoms.